The maximum Gasteiger partial charge on any atom is 0.303 e. The van der Waals surface area contributed by atoms with Crippen molar-refractivity contribution in [2.45, 2.75) is 32.3 Å². The van der Waals surface area contributed by atoms with Crippen LogP contribution in [0.5, 0.6) is 0 Å². The van der Waals surface area contributed by atoms with Crippen LogP contribution in [0.1, 0.15) is 25.3 Å². The summed E-state index contributed by atoms with van der Waals surface area (Å²) in [7, 11) is 0. The fourth-order valence-electron chi connectivity index (χ4n) is 2.09. The molecule has 108 valence electrons. The molecule has 1 aliphatic carbocycles. The van der Waals surface area contributed by atoms with E-state index in [4.69, 9.17) is 9.84 Å². The molecule has 2 N–H and O–H groups in total. The van der Waals surface area contributed by atoms with Crippen LogP contribution < -0.4 is 5.32 Å². The zero-order chi connectivity index (χ0) is 14.5. The van der Waals surface area contributed by atoms with Gasteiger partial charge in [0.05, 0.1) is 12.0 Å². The monoisotopic (exact) mass is 277 g/mol. The zero-order valence-electron chi connectivity index (χ0n) is 11.5. The van der Waals surface area contributed by atoms with Crippen molar-refractivity contribution in [3.8, 4) is 0 Å². The van der Waals surface area contributed by atoms with E-state index in [-0.39, 0.29) is 24.3 Å². The molecule has 1 fully saturated rings. The van der Waals surface area contributed by atoms with E-state index in [2.05, 4.69) is 5.32 Å². The number of anilines is 1. The summed E-state index contributed by atoms with van der Waals surface area (Å²) in [4.78, 5) is 22.4. The summed E-state index contributed by atoms with van der Waals surface area (Å²) < 4.78 is 5.38. The number of nitrogens with one attached hydrogen (secondary N) is 1. The van der Waals surface area contributed by atoms with E-state index in [0.717, 1.165) is 17.7 Å². The van der Waals surface area contributed by atoms with E-state index in [1.165, 1.54) is 0 Å². The molecule has 0 bridgehead atoms. The lowest BCUT2D eigenvalue weighted by atomic mass is 10.1. The first kappa shape index (κ1) is 14.5. The SMILES string of the molecule is CCOC1CC1C(=O)Nc1ccc(CCC(=O)O)cc1. The third kappa shape index (κ3) is 4.06. The average Bonchev–Trinajstić information content (AvgIpc) is 3.18. The first-order chi connectivity index (χ1) is 9.60. The Hall–Kier alpha value is -1.88. The molecule has 2 unspecified atom stereocenters. The molecule has 2 rings (SSSR count). The smallest absolute Gasteiger partial charge is 0.303 e. The predicted molar refractivity (Wildman–Crippen MR) is 74.5 cm³/mol. The molecule has 1 amide bonds. The molecule has 5 heteroatoms. The van der Waals surface area contributed by atoms with Gasteiger partial charge in [0.15, 0.2) is 0 Å². The number of carboxylic acid groups (broad SMARTS) is 1. The lowest BCUT2D eigenvalue weighted by Gasteiger charge is -2.06. The van der Waals surface area contributed by atoms with Gasteiger partial charge in [-0.05, 0) is 37.5 Å². The number of hydrogen-bond donors (Lipinski definition) is 2. The number of rotatable bonds is 7. The summed E-state index contributed by atoms with van der Waals surface area (Å²) in [5.41, 5.74) is 1.68. The predicted octanol–water partition coefficient (Wildman–Crippen LogP) is 2.07. The van der Waals surface area contributed by atoms with Gasteiger partial charge in [0.1, 0.15) is 0 Å². The Balaban J connectivity index is 1.82. The lowest BCUT2D eigenvalue weighted by molar-refractivity contribution is -0.137. The van der Waals surface area contributed by atoms with Crippen LogP contribution in [0, 0.1) is 5.92 Å². The average molecular weight is 277 g/mol. The van der Waals surface area contributed by atoms with Crippen LogP contribution in [0.3, 0.4) is 0 Å². The second-order valence-corrected chi connectivity index (χ2v) is 4.92. The van der Waals surface area contributed by atoms with Crippen molar-refractivity contribution in [2.24, 2.45) is 5.92 Å². The molecule has 0 spiro atoms. The summed E-state index contributed by atoms with van der Waals surface area (Å²) in [6.45, 7) is 2.55. The van der Waals surface area contributed by atoms with Crippen LogP contribution in [-0.2, 0) is 20.7 Å². The minimum Gasteiger partial charge on any atom is -0.481 e. The van der Waals surface area contributed by atoms with Crippen molar-refractivity contribution in [1.82, 2.24) is 0 Å². The van der Waals surface area contributed by atoms with Crippen molar-refractivity contribution in [1.29, 1.82) is 0 Å². The third-order valence-corrected chi connectivity index (χ3v) is 3.30. The minimum absolute atomic E-state index is 0.0123. The highest BCUT2D eigenvalue weighted by Crippen LogP contribution is 2.34. The lowest BCUT2D eigenvalue weighted by Crippen LogP contribution is -2.16. The second-order valence-electron chi connectivity index (χ2n) is 4.92. The first-order valence-electron chi connectivity index (χ1n) is 6.83. The zero-order valence-corrected chi connectivity index (χ0v) is 11.5. The van der Waals surface area contributed by atoms with Gasteiger partial charge in [-0.25, -0.2) is 0 Å². The van der Waals surface area contributed by atoms with Gasteiger partial charge in [0.2, 0.25) is 5.91 Å². The molecule has 0 heterocycles. The highest BCUT2D eigenvalue weighted by Gasteiger charge is 2.43. The Labute approximate surface area is 117 Å². The Morgan fingerprint density at radius 1 is 1.35 bits per heavy atom. The molecular weight excluding hydrogens is 258 g/mol. The van der Waals surface area contributed by atoms with E-state index >= 15 is 0 Å². The Morgan fingerprint density at radius 2 is 2.05 bits per heavy atom. The van der Waals surface area contributed by atoms with Gasteiger partial charge < -0.3 is 15.2 Å². The quantitative estimate of drug-likeness (QED) is 0.800. The molecular formula is C15H19NO4. The van der Waals surface area contributed by atoms with Gasteiger partial charge in [-0.3, -0.25) is 9.59 Å². The molecule has 20 heavy (non-hydrogen) atoms. The largest absolute Gasteiger partial charge is 0.481 e. The maximum absolute atomic E-state index is 11.9. The molecule has 1 aromatic rings. The number of ether oxygens (including phenoxy) is 1. The molecule has 1 aromatic carbocycles. The summed E-state index contributed by atoms with van der Waals surface area (Å²) in [6, 6.07) is 7.28. The van der Waals surface area contributed by atoms with E-state index in [0.29, 0.717) is 13.0 Å². The number of carbonyl (C=O) groups is 2. The fraction of sp³-hybridized carbons (Fsp3) is 0.467. The number of carbonyl (C=O) groups excluding carboxylic acids is 1. The van der Waals surface area contributed by atoms with Gasteiger partial charge in [-0.2, -0.15) is 0 Å². The van der Waals surface area contributed by atoms with Crippen molar-refractivity contribution in [3.63, 3.8) is 0 Å². The van der Waals surface area contributed by atoms with E-state index in [9.17, 15) is 9.59 Å². The Kier molecular flexibility index (Phi) is 4.74. The Bertz CT molecular complexity index is 483. The van der Waals surface area contributed by atoms with E-state index in [1.54, 1.807) is 12.1 Å². The molecule has 1 aliphatic rings. The Morgan fingerprint density at radius 3 is 2.65 bits per heavy atom. The van der Waals surface area contributed by atoms with Gasteiger partial charge in [-0.15, -0.1) is 0 Å². The fourth-order valence-corrected chi connectivity index (χ4v) is 2.09. The van der Waals surface area contributed by atoms with E-state index < -0.39 is 5.97 Å². The number of aliphatic carboxylic acids is 1. The van der Waals surface area contributed by atoms with Crippen LogP contribution in [0.15, 0.2) is 24.3 Å². The summed E-state index contributed by atoms with van der Waals surface area (Å²) >= 11 is 0. The number of amides is 1. The van der Waals surface area contributed by atoms with Gasteiger partial charge in [-0.1, -0.05) is 12.1 Å². The molecule has 0 aliphatic heterocycles. The summed E-state index contributed by atoms with van der Waals surface area (Å²) in [5.74, 6) is -0.860. The summed E-state index contributed by atoms with van der Waals surface area (Å²) in [5, 5.41) is 11.5. The molecule has 0 saturated heterocycles. The number of carboxylic acids is 1. The molecule has 2 atom stereocenters. The molecule has 1 saturated carbocycles. The number of benzene rings is 1. The second kappa shape index (κ2) is 6.52. The van der Waals surface area contributed by atoms with Crippen molar-refractivity contribution >= 4 is 17.6 Å². The van der Waals surface area contributed by atoms with Crippen LogP contribution in [0.2, 0.25) is 0 Å². The minimum atomic E-state index is -0.807. The highest BCUT2D eigenvalue weighted by molar-refractivity contribution is 5.94. The standard InChI is InChI=1S/C15H19NO4/c1-2-20-13-9-12(13)15(19)16-11-6-3-10(4-7-11)5-8-14(17)18/h3-4,6-7,12-13H,2,5,8-9H2,1H3,(H,16,19)(H,17,18). The van der Waals surface area contributed by atoms with Crippen molar-refractivity contribution < 1.29 is 19.4 Å². The topological polar surface area (TPSA) is 75.6 Å². The summed E-state index contributed by atoms with van der Waals surface area (Å²) in [6.07, 6.45) is 1.47. The highest BCUT2D eigenvalue weighted by atomic mass is 16.5. The molecule has 0 radical (unpaired) electrons. The van der Waals surface area contributed by atoms with Crippen molar-refractivity contribution in [2.75, 3.05) is 11.9 Å². The van der Waals surface area contributed by atoms with Crippen LogP contribution in [-0.4, -0.2) is 29.7 Å². The maximum atomic E-state index is 11.9. The first-order valence-corrected chi connectivity index (χ1v) is 6.83. The number of aryl methyl sites for hydroxylation is 1. The van der Waals surface area contributed by atoms with Crippen LogP contribution in [0.4, 0.5) is 5.69 Å². The van der Waals surface area contributed by atoms with Gasteiger partial charge in [0.25, 0.3) is 0 Å². The normalized spacial score (nSPS) is 20.4. The van der Waals surface area contributed by atoms with Crippen LogP contribution >= 0.6 is 0 Å². The van der Waals surface area contributed by atoms with Gasteiger partial charge in [0, 0.05) is 18.7 Å². The molecule has 5 nitrogen and oxygen atoms in total. The third-order valence-electron chi connectivity index (χ3n) is 3.30. The van der Waals surface area contributed by atoms with Crippen molar-refractivity contribution in [3.05, 3.63) is 29.8 Å². The van der Waals surface area contributed by atoms with E-state index in [1.807, 2.05) is 19.1 Å². The van der Waals surface area contributed by atoms with Crippen LogP contribution in [0.25, 0.3) is 0 Å². The number of hydrogen-bond acceptors (Lipinski definition) is 3. The molecule has 0 aromatic heterocycles. The van der Waals surface area contributed by atoms with Gasteiger partial charge >= 0.3 is 5.97 Å².